The Morgan fingerprint density at radius 1 is 1.26 bits per heavy atom. The Labute approximate surface area is 158 Å². The molecule has 1 aliphatic heterocycles. The number of hydrogen-bond donors (Lipinski definition) is 1. The summed E-state index contributed by atoms with van der Waals surface area (Å²) in [5, 5.41) is 13.2. The van der Waals surface area contributed by atoms with E-state index in [9.17, 15) is 9.18 Å². The monoisotopic (exact) mass is 389 g/mol. The van der Waals surface area contributed by atoms with Crippen molar-refractivity contribution in [3.05, 3.63) is 29.4 Å². The number of amides is 1. The lowest BCUT2D eigenvalue weighted by molar-refractivity contribution is -0.114. The van der Waals surface area contributed by atoms with Gasteiger partial charge in [0, 0.05) is 31.0 Å². The van der Waals surface area contributed by atoms with Crippen LogP contribution in [0.15, 0.2) is 28.0 Å². The maximum Gasteiger partial charge on any atom is 0.267 e. The first kappa shape index (κ1) is 17.6. The average Bonchev–Trinajstić information content (AvgIpc) is 3.33. The van der Waals surface area contributed by atoms with Gasteiger partial charge in [-0.25, -0.2) is 9.37 Å². The smallest absolute Gasteiger partial charge is 0.267 e. The minimum atomic E-state index is -0.539. The lowest BCUT2D eigenvalue weighted by Gasteiger charge is -2.25. The highest BCUT2D eigenvalue weighted by Gasteiger charge is 2.19. The van der Waals surface area contributed by atoms with Crippen molar-refractivity contribution in [2.75, 3.05) is 36.5 Å². The number of rotatable bonds is 4. The zero-order valence-corrected chi connectivity index (χ0v) is 15.3. The van der Waals surface area contributed by atoms with Crippen LogP contribution in [0, 0.1) is 5.82 Å². The summed E-state index contributed by atoms with van der Waals surface area (Å²) in [5.74, 6) is -0.401. The highest BCUT2D eigenvalue weighted by atomic mass is 32.1. The minimum absolute atomic E-state index is 0.0583. The van der Waals surface area contributed by atoms with Gasteiger partial charge in [-0.15, -0.1) is 21.5 Å². The topological polar surface area (TPSA) is 93.4 Å². The molecule has 1 N–H and O–H groups in total. The summed E-state index contributed by atoms with van der Waals surface area (Å²) in [6.45, 7) is 4.26. The van der Waals surface area contributed by atoms with Gasteiger partial charge in [-0.05, 0) is 18.2 Å². The Hall–Kier alpha value is -2.85. The number of carbonyl (C=O) groups excluding carboxylic acids is 1. The summed E-state index contributed by atoms with van der Waals surface area (Å²) in [6.07, 6.45) is 0. The van der Waals surface area contributed by atoms with Crippen molar-refractivity contribution in [2.45, 2.75) is 6.92 Å². The second-order valence-electron chi connectivity index (χ2n) is 5.90. The van der Waals surface area contributed by atoms with Crippen LogP contribution in [0.3, 0.4) is 0 Å². The number of anilines is 2. The number of nitrogens with one attached hydrogen (secondary N) is 1. The summed E-state index contributed by atoms with van der Waals surface area (Å²) in [4.78, 5) is 17.9. The number of morpholine rings is 1. The summed E-state index contributed by atoms with van der Waals surface area (Å²) in [5.41, 5.74) is 1.15. The molecule has 27 heavy (non-hydrogen) atoms. The van der Waals surface area contributed by atoms with Crippen LogP contribution >= 0.6 is 11.3 Å². The van der Waals surface area contributed by atoms with E-state index in [0.29, 0.717) is 24.5 Å². The second kappa shape index (κ2) is 7.41. The third-order valence-electron chi connectivity index (χ3n) is 3.94. The SMILES string of the molecule is CC(=O)Nc1cc(-c2nnc(-c3csc(N4CCOCC4)n3)o2)ccc1F. The molecule has 1 amide bonds. The molecular formula is C17H16FN5O3S. The van der Waals surface area contributed by atoms with E-state index < -0.39 is 5.82 Å². The molecule has 0 radical (unpaired) electrons. The first-order valence-corrected chi connectivity index (χ1v) is 9.18. The summed E-state index contributed by atoms with van der Waals surface area (Å²) in [7, 11) is 0. The molecule has 3 aromatic rings. The standard InChI is InChI=1S/C17H16FN5O3S/c1-10(24)19-13-8-11(2-3-12(13)18)15-21-22-16(26-15)14-9-27-17(20-14)23-4-6-25-7-5-23/h2-3,8-9H,4-7H2,1H3,(H,19,24). The summed E-state index contributed by atoms with van der Waals surface area (Å²) >= 11 is 1.50. The Bertz CT molecular complexity index is 967. The molecule has 10 heteroatoms. The molecule has 0 spiro atoms. The molecule has 4 rings (SSSR count). The average molecular weight is 389 g/mol. The van der Waals surface area contributed by atoms with E-state index in [4.69, 9.17) is 9.15 Å². The van der Waals surface area contributed by atoms with E-state index in [1.54, 1.807) is 0 Å². The minimum Gasteiger partial charge on any atom is -0.415 e. The molecule has 0 unspecified atom stereocenters. The van der Waals surface area contributed by atoms with Crippen LogP contribution in [0.1, 0.15) is 6.92 Å². The van der Waals surface area contributed by atoms with Gasteiger partial charge < -0.3 is 19.4 Å². The van der Waals surface area contributed by atoms with E-state index in [-0.39, 0.29) is 23.4 Å². The number of nitrogens with zero attached hydrogens (tertiary/aromatic N) is 4. The Balaban J connectivity index is 1.57. The van der Waals surface area contributed by atoms with Crippen LogP contribution < -0.4 is 10.2 Å². The zero-order chi connectivity index (χ0) is 18.8. The van der Waals surface area contributed by atoms with Crippen LogP contribution in [0.2, 0.25) is 0 Å². The van der Waals surface area contributed by atoms with Gasteiger partial charge in [-0.3, -0.25) is 4.79 Å². The first-order chi connectivity index (χ1) is 13.1. The van der Waals surface area contributed by atoms with Crippen molar-refractivity contribution in [1.82, 2.24) is 15.2 Å². The van der Waals surface area contributed by atoms with Crippen LogP contribution in [0.25, 0.3) is 23.0 Å². The van der Waals surface area contributed by atoms with Gasteiger partial charge in [0.25, 0.3) is 5.89 Å². The summed E-state index contributed by atoms with van der Waals surface area (Å²) < 4.78 is 24.8. The molecule has 1 fully saturated rings. The first-order valence-electron chi connectivity index (χ1n) is 8.30. The predicted molar refractivity (Wildman–Crippen MR) is 98.1 cm³/mol. The molecule has 0 saturated carbocycles. The summed E-state index contributed by atoms with van der Waals surface area (Å²) in [6, 6.07) is 4.20. The number of halogens is 1. The fraction of sp³-hybridized carbons (Fsp3) is 0.294. The molecule has 1 aromatic carbocycles. The van der Waals surface area contributed by atoms with Gasteiger partial charge in [-0.2, -0.15) is 0 Å². The molecule has 3 heterocycles. The third kappa shape index (κ3) is 3.81. The number of aromatic nitrogens is 3. The number of carbonyl (C=O) groups is 1. The lowest BCUT2D eigenvalue weighted by atomic mass is 10.2. The predicted octanol–water partition coefficient (Wildman–Crippen LogP) is 2.79. The number of ether oxygens (including phenoxy) is 1. The van der Waals surface area contributed by atoms with E-state index in [0.717, 1.165) is 18.2 Å². The number of hydrogen-bond acceptors (Lipinski definition) is 8. The highest BCUT2D eigenvalue weighted by Crippen LogP contribution is 2.30. The lowest BCUT2D eigenvalue weighted by Crippen LogP contribution is -2.36. The maximum absolute atomic E-state index is 13.8. The van der Waals surface area contributed by atoms with Gasteiger partial charge in [0.15, 0.2) is 5.13 Å². The Morgan fingerprint density at radius 2 is 2.04 bits per heavy atom. The molecule has 0 aliphatic carbocycles. The fourth-order valence-corrected chi connectivity index (χ4v) is 3.50. The van der Waals surface area contributed by atoms with Crippen LogP contribution in [-0.4, -0.2) is 47.4 Å². The third-order valence-corrected chi connectivity index (χ3v) is 4.84. The van der Waals surface area contributed by atoms with Crippen LogP contribution in [0.5, 0.6) is 0 Å². The normalized spacial score (nSPS) is 14.4. The maximum atomic E-state index is 13.8. The van der Waals surface area contributed by atoms with Gasteiger partial charge in [0.2, 0.25) is 11.8 Å². The van der Waals surface area contributed by atoms with Crippen molar-refractivity contribution in [1.29, 1.82) is 0 Å². The zero-order valence-electron chi connectivity index (χ0n) is 14.4. The molecule has 0 atom stereocenters. The van der Waals surface area contributed by atoms with Crippen LogP contribution in [-0.2, 0) is 9.53 Å². The number of thiazole rings is 1. The van der Waals surface area contributed by atoms with Gasteiger partial charge in [-0.1, -0.05) is 0 Å². The van der Waals surface area contributed by atoms with E-state index in [1.165, 1.54) is 36.5 Å². The van der Waals surface area contributed by atoms with Gasteiger partial charge in [0.1, 0.15) is 11.5 Å². The molecule has 8 nitrogen and oxygen atoms in total. The van der Waals surface area contributed by atoms with Gasteiger partial charge in [0.05, 0.1) is 18.9 Å². The van der Waals surface area contributed by atoms with E-state index in [1.807, 2.05) is 5.38 Å². The van der Waals surface area contributed by atoms with E-state index in [2.05, 4.69) is 25.4 Å². The molecule has 0 bridgehead atoms. The van der Waals surface area contributed by atoms with Crippen molar-refractivity contribution in [2.24, 2.45) is 0 Å². The second-order valence-corrected chi connectivity index (χ2v) is 6.74. The Morgan fingerprint density at radius 3 is 2.81 bits per heavy atom. The van der Waals surface area contributed by atoms with E-state index >= 15 is 0 Å². The van der Waals surface area contributed by atoms with Crippen molar-refractivity contribution in [3.63, 3.8) is 0 Å². The van der Waals surface area contributed by atoms with Crippen LogP contribution in [0.4, 0.5) is 15.2 Å². The fourth-order valence-electron chi connectivity index (χ4n) is 2.65. The van der Waals surface area contributed by atoms with Crippen molar-refractivity contribution in [3.8, 4) is 23.0 Å². The van der Waals surface area contributed by atoms with Crippen molar-refractivity contribution >= 4 is 28.1 Å². The number of benzene rings is 1. The van der Waals surface area contributed by atoms with Gasteiger partial charge >= 0.3 is 0 Å². The Kier molecular flexibility index (Phi) is 4.82. The highest BCUT2D eigenvalue weighted by molar-refractivity contribution is 7.14. The molecule has 1 aliphatic rings. The molecular weight excluding hydrogens is 373 g/mol. The largest absolute Gasteiger partial charge is 0.415 e. The molecule has 2 aromatic heterocycles. The molecule has 140 valence electrons. The quantitative estimate of drug-likeness (QED) is 0.733. The molecule has 1 saturated heterocycles. The van der Waals surface area contributed by atoms with Crippen molar-refractivity contribution < 1.29 is 18.3 Å².